The summed E-state index contributed by atoms with van der Waals surface area (Å²) < 4.78 is 9.46. The summed E-state index contributed by atoms with van der Waals surface area (Å²) in [6, 6.07) is 9.45. The molecule has 0 bridgehead atoms. The van der Waals surface area contributed by atoms with E-state index in [1.54, 1.807) is 13.0 Å². The minimum absolute atomic E-state index is 0.192. The quantitative estimate of drug-likeness (QED) is 0.454. The van der Waals surface area contributed by atoms with Crippen LogP contribution in [-0.4, -0.2) is 26.0 Å². The Morgan fingerprint density at radius 3 is 2.35 bits per heavy atom. The molecule has 0 radical (unpaired) electrons. The second-order valence-corrected chi connectivity index (χ2v) is 4.17. The maximum absolute atomic E-state index is 12.1. The van der Waals surface area contributed by atoms with Crippen molar-refractivity contribution in [3.8, 4) is 0 Å². The minimum Gasteiger partial charge on any atom is -0.504 e. The number of benzene rings is 1. The van der Waals surface area contributed by atoms with Crippen molar-refractivity contribution in [2.45, 2.75) is 6.92 Å². The number of rotatable bonds is 6. The Hall–Kier alpha value is -2.36. The van der Waals surface area contributed by atoms with E-state index in [-0.39, 0.29) is 11.4 Å². The minimum atomic E-state index is -0.623. The van der Waals surface area contributed by atoms with Crippen LogP contribution in [0.2, 0.25) is 0 Å². The smallest absolute Gasteiger partial charge is 0.337 e. The Morgan fingerprint density at radius 2 is 1.80 bits per heavy atom. The maximum atomic E-state index is 12.1. The van der Waals surface area contributed by atoms with Gasteiger partial charge in [0, 0.05) is 0 Å². The van der Waals surface area contributed by atoms with Crippen molar-refractivity contribution in [1.29, 1.82) is 0 Å². The number of hydrogen-bond donors (Lipinski definition) is 0. The number of ketones is 1. The lowest BCUT2D eigenvalue weighted by molar-refractivity contribution is -0.137. The van der Waals surface area contributed by atoms with Gasteiger partial charge in [-0.1, -0.05) is 43.3 Å². The molecule has 106 valence electrons. The fourth-order valence-corrected chi connectivity index (χ4v) is 1.61. The van der Waals surface area contributed by atoms with Crippen molar-refractivity contribution in [2.24, 2.45) is 5.92 Å². The summed E-state index contributed by atoms with van der Waals surface area (Å²) in [5, 5.41) is 0. The highest BCUT2D eigenvalue weighted by Gasteiger charge is 2.23. The second-order valence-electron chi connectivity index (χ2n) is 4.17. The zero-order valence-corrected chi connectivity index (χ0v) is 11.8. The summed E-state index contributed by atoms with van der Waals surface area (Å²) in [7, 11) is 2.68. The van der Waals surface area contributed by atoms with Crippen LogP contribution in [0.3, 0.4) is 0 Å². The highest BCUT2D eigenvalue weighted by atomic mass is 16.5. The van der Waals surface area contributed by atoms with Crippen molar-refractivity contribution in [2.75, 3.05) is 14.2 Å². The summed E-state index contributed by atoms with van der Waals surface area (Å²) >= 11 is 0. The van der Waals surface area contributed by atoms with Crippen LogP contribution < -0.4 is 0 Å². The molecular formula is C16H18O4. The van der Waals surface area contributed by atoms with E-state index in [2.05, 4.69) is 4.74 Å². The molecule has 1 rings (SSSR count). The van der Waals surface area contributed by atoms with E-state index in [4.69, 9.17) is 4.74 Å². The van der Waals surface area contributed by atoms with Gasteiger partial charge >= 0.3 is 5.97 Å². The van der Waals surface area contributed by atoms with Crippen LogP contribution in [0.4, 0.5) is 0 Å². The molecule has 0 fully saturated rings. The van der Waals surface area contributed by atoms with Crippen LogP contribution in [-0.2, 0) is 19.1 Å². The SMILES string of the molecule is COC=C(C(=O)OC)C(C)C(=O)C=Cc1ccccc1. The molecule has 0 aliphatic carbocycles. The van der Waals surface area contributed by atoms with Gasteiger partial charge in [0.25, 0.3) is 0 Å². The Morgan fingerprint density at radius 1 is 1.15 bits per heavy atom. The molecule has 0 spiro atoms. The van der Waals surface area contributed by atoms with E-state index in [0.717, 1.165) is 5.56 Å². The van der Waals surface area contributed by atoms with E-state index in [9.17, 15) is 9.59 Å². The summed E-state index contributed by atoms with van der Waals surface area (Å²) in [5.74, 6) is -1.38. The molecule has 1 atom stereocenters. The second kappa shape index (κ2) is 7.94. The van der Waals surface area contributed by atoms with Crippen LogP contribution in [0.1, 0.15) is 12.5 Å². The number of carbonyl (C=O) groups is 2. The first-order chi connectivity index (χ1) is 9.60. The molecule has 0 aliphatic heterocycles. The van der Waals surface area contributed by atoms with Crippen molar-refractivity contribution in [1.82, 2.24) is 0 Å². The first-order valence-corrected chi connectivity index (χ1v) is 6.18. The van der Waals surface area contributed by atoms with Crippen LogP contribution in [0.25, 0.3) is 6.08 Å². The van der Waals surface area contributed by atoms with Crippen LogP contribution >= 0.6 is 0 Å². The number of hydrogen-bond acceptors (Lipinski definition) is 4. The number of ether oxygens (including phenoxy) is 2. The Bertz CT molecular complexity index is 515. The number of carbonyl (C=O) groups excluding carboxylic acids is 2. The third-order valence-corrected chi connectivity index (χ3v) is 2.80. The molecule has 0 N–H and O–H groups in total. The van der Waals surface area contributed by atoms with Gasteiger partial charge in [0.2, 0.25) is 0 Å². The topological polar surface area (TPSA) is 52.6 Å². The molecule has 0 amide bonds. The molecule has 0 saturated carbocycles. The lowest BCUT2D eigenvalue weighted by Crippen LogP contribution is -2.19. The third-order valence-electron chi connectivity index (χ3n) is 2.80. The number of esters is 1. The summed E-state index contributed by atoms with van der Waals surface area (Å²) in [4.78, 5) is 23.6. The average Bonchev–Trinajstić information content (AvgIpc) is 2.49. The van der Waals surface area contributed by atoms with Gasteiger partial charge in [0.15, 0.2) is 5.78 Å². The first-order valence-electron chi connectivity index (χ1n) is 6.18. The average molecular weight is 274 g/mol. The fraction of sp³-hybridized carbons (Fsp3) is 0.250. The Balaban J connectivity index is 2.82. The molecular weight excluding hydrogens is 256 g/mol. The molecule has 0 aliphatic rings. The van der Waals surface area contributed by atoms with Gasteiger partial charge in [-0.15, -0.1) is 0 Å². The summed E-state index contributed by atoms with van der Waals surface area (Å²) in [6.07, 6.45) is 4.40. The van der Waals surface area contributed by atoms with Gasteiger partial charge in [0.05, 0.1) is 32.0 Å². The van der Waals surface area contributed by atoms with E-state index in [1.807, 2.05) is 30.3 Å². The van der Waals surface area contributed by atoms with Gasteiger partial charge in [-0.3, -0.25) is 4.79 Å². The highest BCUT2D eigenvalue weighted by molar-refractivity contribution is 6.03. The zero-order chi connectivity index (χ0) is 15.0. The lowest BCUT2D eigenvalue weighted by Gasteiger charge is -2.10. The summed E-state index contributed by atoms with van der Waals surface area (Å²) in [6.45, 7) is 1.64. The third kappa shape index (κ3) is 4.39. The fourth-order valence-electron chi connectivity index (χ4n) is 1.61. The lowest BCUT2D eigenvalue weighted by atomic mass is 9.96. The monoisotopic (exact) mass is 274 g/mol. The predicted molar refractivity (Wildman–Crippen MR) is 76.8 cm³/mol. The van der Waals surface area contributed by atoms with Gasteiger partial charge in [-0.05, 0) is 11.6 Å². The van der Waals surface area contributed by atoms with Crippen molar-refractivity contribution >= 4 is 17.8 Å². The maximum Gasteiger partial charge on any atom is 0.337 e. The van der Waals surface area contributed by atoms with Gasteiger partial charge in [-0.2, -0.15) is 0 Å². The molecule has 1 aromatic rings. The molecule has 20 heavy (non-hydrogen) atoms. The predicted octanol–water partition coefficient (Wildman–Crippen LogP) is 2.61. The zero-order valence-electron chi connectivity index (χ0n) is 11.8. The molecule has 1 aromatic carbocycles. The normalized spacial score (nSPS) is 13.1. The highest BCUT2D eigenvalue weighted by Crippen LogP contribution is 2.15. The summed E-state index contributed by atoms with van der Waals surface area (Å²) in [5.41, 5.74) is 1.11. The van der Waals surface area contributed by atoms with Gasteiger partial charge < -0.3 is 9.47 Å². The van der Waals surface area contributed by atoms with Gasteiger partial charge in [-0.25, -0.2) is 4.79 Å². The first kappa shape index (κ1) is 15.7. The van der Waals surface area contributed by atoms with E-state index in [1.165, 1.54) is 26.6 Å². The molecule has 0 heterocycles. The number of methoxy groups -OCH3 is 2. The van der Waals surface area contributed by atoms with Crippen molar-refractivity contribution in [3.63, 3.8) is 0 Å². The van der Waals surface area contributed by atoms with E-state index in [0.29, 0.717) is 0 Å². The van der Waals surface area contributed by atoms with Crippen molar-refractivity contribution < 1.29 is 19.1 Å². The Labute approximate surface area is 118 Å². The molecule has 0 aromatic heterocycles. The van der Waals surface area contributed by atoms with Crippen molar-refractivity contribution in [3.05, 3.63) is 53.8 Å². The van der Waals surface area contributed by atoms with E-state index < -0.39 is 11.9 Å². The largest absolute Gasteiger partial charge is 0.504 e. The van der Waals surface area contributed by atoms with Crippen LogP contribution in [0.5, 0.6) is 0 Å². The van der Waals surface area contributed by atoms with Crippen LogP contribution in [0, 0.1) is 5.92 Å². The molecule has 4 heteroatoms. The van der Waals surface area contributed by atoms with E-state index >= 15 is 0 Å². The molecule has 1 unspecified atom stereocenters. The molecule has 0 saturated heterocycles. The Kier molecular flexibility index (Phi) is 6.23. The molecule has 4 nitrogen and oxygen atoms in total. The standard InChI is InChI=1S/C16H18O4/c1-12(14(11-19-2)16(18)20-3)15(17)10-9-13-7-5-4-6-8-13/h4-12H,1-3H3. The number of allylic oxidation sites excluding steroid dienone is 1. The van der Waals surface area contributed by atoms with Gasteiger partial charge in [0.1, 0.15) is 0 Å². The van der Waals surface area contributed by atoms with Crippen LogP contribution in [0.15, 0.2) is 48.2 Å².